The highest BCUT2D eigenvalue weighted by molar-refractivity contribution is 7.68. The summed E-state index contributed by atoms with van der Waals surface area (Å²) in [4.78, 5) is 0. The van der Waals surface area contributed by atoms with Crippen LogP contribution in [0.15, 0.2) is 158 Å². The van der Waals surface area contributed by atoms with Crippen molar-refractivity contribution in [1.29, 1.82) is 0 Å². The van der Waals surface area contributed by atoms with Crippen molar-refractivity contribution in [2.45, 2.75) is 40.8 Å². The molecule has 0 heterocycles. The number of aryl methyl sites for hydroxylation is 5. The van der Waals surface area contributed by atoms with E-state index in [2.05, 4.69) is 30.3 Å². The monoisotopic (exact) mass is 824 g/mol. The molecule has 0 fully saturated rings. The van der Waals surface area contributed by atoms with Crippen molar-refractivity contribution in [2.24, 2.45) is 0 Å². The summed E-state index contributed by atoms with van der Waals surface area (Å²) in [5, 5.41) is 4.95. The molecule has 0 bridgehead atoms. The van der Waals surface area contributed by atoms with E-state index in [4.69, 9.17) is 18.1 Å². The zero-order valence-electron chi connectivity index (χ0n) is 33.2. The summed E-state index contributed by atoms with van der Waals surface area (Å²) in [5.41, 5.74) is 4.79. The van der Waals surface area contributed by atoms with Crippen LogP contribution in [0.2, 0.25) is 0 Å². The highest BCUT2D eigenvalue weighted by atomic mass is 31.2. The Bertz CT molecular complexity index is 2760. The van der Waals surface area contributed by atoms with E-state index in [1.165, 1.54) is 12.1 Å². The van der Waals surface area contributed by atoms with Crippen LogP contribution in [0, 0.1) is 34.6 Å². The van der Waals surface area contributed by atoms with Gasteiger partial charge in [-0.05, 0) is 126 Å². The number of para-hydroxylation sites is 2. The molecule has 59 heavy (non-hydrogen) atoms. The van der Waals surface area contributed by atoms with Crippen LogP contribution in [0.4, 0.5) is 13.2 Å². The van der Waals surface area contributed by atoms with Crippen LogP contribution in [0.5, 0.6) is 23.0 Å². The Morgan fingerprint density at radius 3 is 1.42 bits per heavy atom. The quantitative estimate of drug-likeness (QED) is 0.122. The van der Waals surface area contributed by atoms with Gasteiger partial charge in [0.1, 0.15) is 23.0 Å². The fraction of sp³-hybridized carbons (Fsp3) is 0.120. The smallest absolute Gasteiger partial charge is 0.464 e. The van der Waals surface area contributed by atoms with Gasteiger partial charge in [0.2, 0.25) is 0 Å². The molecule has 0 spiro atoms. The second kappa shape index (κ2) is 16.8. The fourth-order valence-corrected chi connectivity index (χ4v) is 10.4. The van der Waals surface area contributed by atoms with Crippen LogP contribution in [-0.4, -0.2) is 0 Å². The maximum atomic E-state index is 14.4. The van der Waals surface area contributed by atoms with Crippen LogP contribution in [-0.2, 0) is 6.18 Å². The average Bonchev–Trinajstić information content (AvgIpc) is 3.22. The standard InChI is InChI=1S/C50H41F3O4P2/c1-32-27-39(50(51,52)53)31-41(28-32)58(40-21-7-6-8-22-40)56-48-35(4)29-37-19-11-13-23-42(37)46(48)47-43-24-14-12-20-38(43)30-36(5)49(47)57-59(54-44-25-15-9-17-33(44)2)55-45-26-16-10-18-34(45)3/h6-31H,1-5H3. The summed E-state index contributed by atoms with van der Waals surface area (Å²) in [5.74, 6) is 2.33. The summed E-state index contributed by atoms with van der Waals surface area (Å²) >= 11 is 0. The summed E-state index contributed by atoms with van der Waals surface area (Å²) in [6.45, 7) is 9.62. The normalized spacial score (nSPS) is 12.2. The Hall–Kier alpha value is -5.87. The van der Waals surface area contributed by atoms with Crippen LogP contribution in [0.1, 0.15) is 33.4 Å². The van der Waals surface area contributed by atoms with E-state index in [-0.39, 0.29) is 0 Å². The molecule has 1 atom stereocenters. The van der Waals surface area contributed by atoms with Crippen molar-refractivity contribution in [1.82, 2.24) is 0 Å². The molecule has 0 aliphatic heterocycles. The zero-order chi connectivity index (χ0) is 41.3. The zero-order valence-corrected chi connectivity index (χ0v) is 35.0. The van der Waals surface area contributed by atoms with E-state index in [1.54, 1.807) is 13.0 Å². The molecule has 0 amide bonds. The van der Waals surface area contributed by atoms with Gasteiger partial charge >= 0.3 is 14.8 Å². The number of rotatable bonds is 11. The molecular formula is C50H41F3O4P2. The molecule has 1 unspecified atom stereocenters. The van der Waals surface area contributed by atoms with Crippen molar-refractivity contribution in [3.8, 4) is 34.1 Å². The second-order valence-corrected chi connectivity index (χ2v) is 17.3. The molecule has 0 aliphatic carbocycles. The number of hydrogen-bond acceptors (Lipinski definition) is 4. The minimum absolute atomic E-state index is 0.449. The lowest BCUT2D eigenvalue weighted by Gasteiger charge is -2.27. The molecule has 296 valence electrons. The SMILES string of the molecule is Cc1cc(P(Oc2c(C)cc3ccccc3c2-c2c(OP(Oc3ccccc3C)Oc3ccccc3C)c(C)cc3ccccc23)c2ccccc2)cc(C(F)(F)F)c1. The molecule has 0 saturated heterocycles. The molecule has 8 aromatic carbocycles. The van der Waals surface area contributed by atoms with Crippen molar-refractivity contribution in [2.75, 3.05) is 0 Å². The third kappa shape index (κ3) is 8.50. The van der Waals surface area contributed by atoms with Crippen LogP contribution in [0.3, 0.4) is 0 Å². The minimum Gasteiger partial charge on any atom is -0.464 e. The molecule has 9 heteroatoms. The molecule has 8 rings (SSSR count). The number of hydrogen-bond donors (Lipinski definition) is 0. The largest absolute Gasteiger partial charge is 0.530 e. The molecule has 0 radical (unpaired) electrons. The van der Waals surface area contributed by atoms with E-state index in [9.17, 15) is 13.2 Å². The van der Waals surface area contributed by atoms with E-state index in [0.717, 1.165) is 60.2 Å². The summed E-state index contributed by atoms with van der Waals surface area (Å²) in [6, 6.07) is 49.5. The van der Waals surface area contributed by atoms with Crippen LogP contribution in [0.25, 0.3) is 32.7 Å². The maximum Gasteiger partial charge on any atom is 0.530 e. The van der Waals surface area contributed by atoms with E-state index in [0.29, 0.717) is 33.9 Å². The summed E-state index contributed by atoms with van der Waals surface area (Å²) < 4.78 is 70.7. The van der Waals surface area contributed by atoms with Gasteiger partial charge < -0.3 is 18.1 Å². The Balaban J connectivity index is 1.38. The van der Waals surface area contributed by atoms with E-state index >= 15 is 0 Å². The number of halogens is 3. The molecule has 8 aromatic rings. The van der Waals surface area contributed by atoms with Gasteiger partial charge in [-0.25, -0.2) is 0 Å². The molecule has 0 aromatic heterocycles. The fourth-order valence-electron chi connectivity index (χ4n) is 7.23. The van der Waals surface area contributed by atoms with E-state index in [1.807, 2.05) is 137 Å². The van der Waals surface area contributed by atoms with Gasteiger partial charge in [0.05, 0.1) is 5.56 Å². The third-order valence-electron chi connectivity index (χ3n) is 10.1. The second-order valence-electron chi connectivity index (χ2n) is 14.5. The number of benzene rings is 8. The maximum absolute atomic E-state index is 14.4. The molecule has 0 aliphatic rings. The first-order valence-corrected chi connectivity index (χ1v) is 21.5. The van der Waals surface area contributed by atoms with E-state index < -0.39 is 28.5 Å². The highest BCUT2D eigenvalue weighted by Crippen LogP contribution is 2.55. The van der Waals surface area contributed by atoms with Gasteiger partial charge in [-0.2, -0.15) is 13.2 Å². The Morgan fingerprint density at radius 2 is 0.898 bits per heavy atom. The van der Waals surface area contributed by atoms with Gasteiger partial charge in [-0.1, -0.05) is 115 Å². The van der Waals surface area contributed by atoms with Gasteiger partial charge in [-0.3, -0.25) is 0 Å². The molecule has 4 nitrogen and oxygen atoms in total. The highest BCUT2D eigenvalue weighted by Gasteiger charge is 2.34. The number of alkyl halides is 3. The Morgan fingerprint density at radius 1 is 0.424 bits per heavy atom. The van der Waals surface area contributed by atoms with Gasteiger partial charge in [0.25, 0.3) is 0 Å². The summed E-state index contributed by atoms with van der Waals surface area (Å²) in [7, 11) is -3.93. The Labute approximate surface area is 345 Å². The van der Waals surface area contributed by atoms with Crippen LogP contribution >= 0.6 is 16.8 Å². The first-order chi connectivity index (χ1) is 28.4. The lowest BCUT2D eigenvalue weighted by Crippen LogP contribution is -2.19. The Kier molecular flexibility index (Phi) is 11.4. The van der Waals surface area contributed by atoms with Gasteiger partial charge in [0, 0.05) is 21.7 Å². The van der Waals surface area contributed by atoms with Crippen molar-refractivity contribution >= 4 is 48.9 Å². The first-order valence-electron chi connectivity index (χ1n) is 19.2. The van der Waals surface area contributed by atoms with Crippen molar-refractivity contribution in [3.63, 3.8) is 0 Å². The minimum atomic E-state index is -4.53. The third-order valence-corrected chi connectivity index (χ3v) is 13.0. The lowest BCUT2D eigenvalue weighted by atomic mass is 9.89. The van der Waals surface area contributed by atoms with Gasteiger partial charge in [0.15, 0.2) is 8.15 Å². The predicted octanol–water partition coefficient (Wildman–Crippen LogP) is 14.4. The number of fused-ring (bicyclic) bond motifs is 2. The molecule has 0 saturated carbocycles. The summed E-state index contributed by atoms with van der Waals surface area (Å²) in [6.07, 6.45) is -4.53. The van der Waals surface area contributed by atoms with Gasteiger partial charge in [-0.15, -0.1) is 0 Å². The first kappa shape index (κ1) is 39.9. The predicted molar refractivity (Wildman–Crippen MR) is 237 cm³/mol. The van der Waals surface area contributed by atoms with Crippen molar-refractivity contribution < 1.29 is 31.3 Å². The molecule has 0 N–H and O–H groups in total. The van der Waals surface area contributed by atoms with Crippen LogP contribution < -0.4 is 28.7 Å². The van der Waals surface area contributed by atoms with Crippen molar-refractivity contribution in [3.05, 3.63) is 191 Å². The topological polar surface area (TPSA) is 36.9 Å². The lowest BCUT2D eigenvalue weighted by molar-refractivity contribution is -0.137. The average molecular weight is 825 g/mol. The molecular weight excluding hydrogens is 783 g/mol.